The van der Waals surface area contributed by atoms with Crippen LogP contribution in [0.5, 0.6) is 5.75 Å². The Labute approximate surface area is 105 Å². The van der Waals surface area contributed by atoms with Gasteiger partial charge in [0.1, 0.15) is 10.1 Å². The number of thioether (sulfide) groups is 2. The number of ether oxygens (including phenoxy) is 1. The van der Waals surface area contributed by atoms with Crippen LogP contribution in [-0.4, -0.2) is 23.3 Å². The molecule has 1 atom stereocenters. The van der Waals surface area contributed by atoms with Crippen LogP contribution in [0, 0.1) is 0 Å². The van der Waals surface area contributed by atoms with Crippen LogP contribution < -0.4 is 4.74 Å². The highest BCUT2D eigenvalue weighted by atomic mass is 32.2. The van der Waals surface area contributed by atoms with Gasteiger partial charge >= 0.3 is 0 Å². The summed E-state index contributed by atoms with van der Waals surface area (Å²) in [7, 11) is 1.69. The Bertz CT molecular complexity index is 375. The third kappa shape index (κ3) is 3.19. The van der Waals surface area contributed by atoms with Crippen LogP contribution in [-0.2, 0) is 0 Å². The number of hydrogen-bond acceptors (Lipinski definition) is 4. The lowest BCUT2D eigenvalue weighted by Crippen LogP contribution is -2.08. The van der Waals surface area contributed by atoms with E-state index in [1.54, 1.807) is 18.9 Å². The minimum absolute atomic E-state index is 0.693. The van der Waals surface area contributed by atoms with Gasteiger partial charge in [0.15, 0.2) is 0 Å². The quantitative estimate of drug-likeness (QED) is 0.802. The summed E-state index contributed by atoms with van der Waals surface area (Å²) >= 11 is 3.62. The molecule has 1 unspecified atom stereocenters. The zero-order valence-electron chi connectivity index (χ0n) is 9.47. The van der Waals surface area contributed by atoms with Crippen molar-refractivity contribution in [2.45, 2.75) is 23.5 Å². The number of rotatable bonds is 2. The van der Waals surface area contributed by atoms with Gasteiger partial charge in [-0.25, -0.2) is 0 Å². The molecule has 0 radical (unpaired) electrons. The molecule has 86 valence electrons. The van der Waals surface area contributed by atoms with E-state index >= 15 is 0 Å². The Kier molecular flexibility index (Phi) is 4.18. The molecule has 2 nitrogen and oxygen atoms in total. The van der Waals surface area contributed by atoms with Crippen molar-refractivity contribution in [3.05, 3.63) is 24.3 Å². The summed E-state index contributed by atoms with van der Waals surface area (Å²) in [5.74, 6) is 0.899. The molecule has 1 aromatic carbocycles. The van der Waals surface area contributed by atoms with Crippen LogP contribution in [0.1, 0.15) is 13.3 Å². The van der Waals surface area contributed by atoms with Gasteiger partial charge < -0.3 is 4.74 Å². The van der Waals surface area contributed by atoms with Crippen LogP contribution >= 0.6 is 23.5 Å². The topological polar surface area (TPSA) is 21.6 Å². The van der Waals surface area contributed by atoms with Crippen molar-refractivity contribution >= 4 is 27.9 Å². The van der Waals surface area contributed by atoms with E-state index in [0.29, 0.717) is 5.25 Å². The van der Waals surface area contributed by atoms with Gasteiger partial charge in [0.05, 0.1) is 7.11 Å². The molecule has 0 fully saturated rings. The number of nitrogens with zero attached hydrogens (tertiary/aromatic N) is 1. The van der Waals surface area contributed by atoms with Crippen LogP contribution in [0.4, 0.5) is 0 Å². The average Bonchev–Trinajstić information content (AvgIpc) is 2.30. The highest BCUT2D eigenvalue weighted by Gasteiger charge is 2.14. The zero-order chi connectivity index (χ0) is 11.4. The van der Waals surface area contributed by atoms with Gasteiger partial charge in [0, 0.05) is 16.7 Å². The van der Waals surface area contributed by atoms with E-state index in [1.165, 1.54) is 15.7 Å². The largest absolute Gasteiger partial charge is 0.497 e. The lowest BCUT2D eigenvalue weighted by molar-refractivity contribution is 0.414. The lowest BCUT2D eigenvalue weighted by atomic mass is 10.3. The number of benzene rings is 1. The molecular formula is C12H15NOS2. The highest BCUT2D eigenvalue weighted by Crippen LogP contribution is 2.32. The summed E-state index contributed by atoms with van der Waals surface area (Å²) in [4.78, 5) is 5.75. The van der Waals surface area contributed by atoms with Gasteiger partial charge in [0.2, 0.25) is 0 Å². The first kappa shape index (κ1) is 11.9. The summed E-state index contributed by atoms with van der Waals surface area (Å²) in [6, 6.07) is 8.12. The molecule has 1 heterocycles. The molecule has 0 aliphatic carbocycles. The Hall–Kier alpha value is -0.610. The van der Waals surface area contributed by atoms with E-state index in [4.69, 9.17) is 4.74 Å². The molecule has 0 bridgehead atoms. The summed E-state index contributed by atoms with van der Waals surface area (Å²) in [5.41, 5.74) is 0. The van der Waals surface area contributed by atoms with Gasteiger partial charge in [-0.2, -0.15) is 0 Å². The first-order valence-corrected chi connectivity index (χ1v) is 7.00. The maximum Gasteiger partial charge on any atom is 0.129 e. The predicted octanol–water partition coefficient (Wildman–Crippen LogP) is 3.67. The number of methoxy groups -OCH3 is 1. The predicted molar refractivity (Wildman–Crippen MR) is 72.8 cm³/mol. The zero-order valence-corrected chi connectivity index (χ0v) is 11.1. The van der Waals surface area contributed by atoms with Crippen molar-refractivity contribution in [2.75, 3.05) is 13.7 Å². The highest BCUT2D eigenvalue weighted by molar-refractivity contribution is 8.39. The van der Waals surface area contributed by atoms with E-state index < -0.39 is 0 Å². The van der Waals surface area contributed by atoms with Crippen LogP contribution in [0.2, 0.25) is 0 Å². The molecular weight excluding hydrogens is 238 g/mol. The van der Waals surface area contributed by atoms with Gasteiger partial charge in [-0.1, -0.05) is 30.4 Å². The van der Waals surface area contributed by atoms with Crippen molar-refractivity contribution < 1.29 is 4.74 Å². The van der Waals surface area contributed by atoms with Gasteiger partial charge in [-0.05, 0) is 30.7 Å². The molecule has 2 rings (SSSR count). The Morgan fingerprint density at radius 1 is 1.38 bits per heavy atom. The second-order valence-corrected chi connectivity index (χ2v) is 6.39. The average molecular weight is 253 g/mol. The third-order valence-corrected chi connectivity index (χ3v) is 4.66. The van der Waals surface area contributed by atoms with Gasteiger partial charge in [-0.15, -0.1) is 0 Å². The fraction of sp³-hybridized carbons (Fsp3) is 0.417. The molecule has 1 aromatic rings. The number of aliphatic imine (C=N–C) groups is 1. The first-order chi connectivity index (χ1) is 7.78. The van der Waals surface area contributed by atoms with Crippen molar-refractivity contribution in [1.82, 2.24) is 0 Å². The fourth-order valence-corrected chi connectivity index (χ4v) is 3.74. The Balaban J connectivity index is 2.00. The molecule has 0 aromatic heterocycles. The van der Waals surface area contributed by atoms with Crippen LogP contribution in [0.25, 0.3) is 0 Å². The molecule has 0 spiro atoms. The first-order valence-electron chi connectivity index (χ1n) is 5.31. The molecule has 0 saturated heterocycles. The molecule has 4 heteroatoms. The molecule has 1 aliphatic heterocycles. The van der Waals surface area contributed by atoms with Gasteiger partial charge in [-0.3, -0.25) is 4.99 Å². The summed E-state index contributed by atoms with van der Waals surface area (Å²) in [6.07, 6.45) is 1.19. The second-order valence-electron chi connectivity index (χ2n) is 3.64. The summed E-state index contributed by atoms with van der Waals surface area (Å²) < 4.78 is 6.32. The Morgan fingerprint density at radius 2 is 2.12 bits per heavy atom. The smallest absolute Gasteiger partial charge is 0.129 e. The van der Waals surface area contributed by atoms with E-state index in [-0.39, 0.29) is 0 Å². The maximum absolute atomic E-state index is 5.13. The Morgan fingerprint density at radius 3 is 2.75 bits per heavy atom. The molecule has 0 saturated carbocycles. The summed E-state index contributed by atoms with van der Waals surface area (Å²) in [5, 5.41) is 0.693. The van der Waals surface area contributed by atoms with E-state index in [9.17, 15) is 0 Å². The van der Waals surface area contributed by atoms with Crippen molar-refractivity contribution in [2.24, 2.45) is 4.99 Å². The van der Waals surface area contributed by atoms with Crippen molar-refractivity contribution in [1.29, 1.82) is 0 Å². The van der Waals surface area contributed by atoms with E-state index in [0.717, 1.165) is 12.3 Å². The monoisotopic (exact) mass is 253 g/mol. The van der Waals surface area contributed by atoms with E-state index in [2.05, 4.69) is 24.0 Å². The SMILES string of the molecule is COc1ccc(SC2=NCCC(C)S2)cc1. The van der Waals surface area contributed by atoms with Crippen LogP contribution in [0.3, 0.4) is 0 Å². The minimum Gasteiger partial charge on any atom is -0.497 e. The second kappa shape index (κ2) is 5.64. The minimum atomic E-state index is 0.693. The lowest BCUT2D eigenvalue weighted by Gasteiger charge is -2.16. The third-order valence-electron chi connectivity index (χ3n) is 2.34. The molecule has 0 N–H and O–H groups in total. The summed E-state index contributed by atoms with van der Waals surface area (Å²) in [6.45, 7) is 3.22. The molecule has 1 aliphatic rings. The van der Waals surface area contributed by atoms with E-state index in [1.807, 2.05) is 23.9 Å². The van der Waals surface area contributed by atoms with Crippen molar-refractivity contribution in [3.63, 3.8) is 0 Å². The normalized spacial score (nSPS) is 20.4. The van der Waals surface area contributed by atoms with Gasteiger partial charge in [0.25, 0.3) is 0 Å². The molecule has 0 amide bonds. The fourth-order valence-electron chi connectivity index (χ4n) is 1.41. The number of hydrogen-bond donors (Lipinski definition) is 0. The maximum atomic E-state index is 5.13. The molecule has 16 heavy (non-hydrogen) atoms. The standard InChI is InChI=1S/C12H15NOS2/c1-9-7-8-13-12(15-9)16-11-5-3-10(14-2)4-6-11/h3-6,9H,7-8H2,1-2H3. The van der Waals surface area contributed by atoms with Crippen molar-refractivity contribution in [3.8, 4) is 5.75 Å². The van der Waals surface area contributed by atoms with Crippen LogP contribution in [0.15, 0.2) is 34.2 Å².